The summed E-state index contributed by atoms with van der Waals surface area (Å²) in [6, 6.07) is 12.1. The molecule has 2 aromatic carbocycles. The van der Waals surface area contributed by atoms with Crippen molar-refractivity contribution in [1.82, 2.24) is 0 Å². The summed E-state index contributed by atoms with van der Waals surface area (Å²) in [5.74, 6) is 1.79. The van der Waals surface area contributed by atoms with E-state index in [9.17, 15) is 0 Å². The SMILES string of the molecule is COc1cccc(CN=C(N)Nc2cccc3c2CCCC3)c1OC.I. The molecule has 0 fully saturated rings. The van der Waals surface area contributed by atoms with Gasteiger partial charge in [0.05, 0.1) is 20.8 Å². The summed E-state index contributed by atoms with van der Waals surface area (Å²) >= 11 is 0. The molecular weight excluding hydrogens is 441 g/mol. The molecule has 0 aromatic heterocycles. The number of guanidine groups is 1. The molecule has 6 heteroatoms. The van der Waals surface area contributed by atoms with Gasteiger partial charge in [-0.05, 0) is 48.9 Å². The molecule has 2 aromatic rings. The van der Waals surface area contributed by atoms with Crippen LogP contribution in [-0.4, -0.2) is 20.2 Å². The fraction of sp³-hybridized carbons (Fsp3) is 0.350. The topological polar surface area (TPSA) is 68.9 Å². The molecule has 140 valence electrons. The third-order valence-electron chi connectivity index (χ3n) is 4.56. The molecule has 3 N–H and O–H groups in total. The van der Waals surface area contributed by atoms with Gasteiger partial charge in [-0.25, -0.2) is 4.99 Å². The first-order chi connectivity index (χ1) is 12.2. The molecule has 3 rings (SSSR count). The van der Waals surface area contributed by atoms with Gasteiger partial charge in [0.25, 0.3) is 0 Å². The number of rotatable bonds is 5. The highest BCUT2D eigenvalue weighted by atomic mass is 127. The number of benzene rings is 2. The summed E-state index contributed by atoms with van der Waals surface area (Å²) in [6.45, 7) is 0.425. The monoisotopic (exact) mass is 467 g/mol. The summed E-state index contributed by atoms with van der Waals surface area (Å²) in [5, 5.41) is 3.26. The van der Waals surface area contributed by atoms with Gasteiger partial charge in [-0.2, -0.15) is 0 Å². The second-order valence-electron chi connectivity index (χ2n) is 6.13. The Morgan fingerprint density at radius 1 is 1.08 bits per heavy atom. The van der Waals surface area contributed by atoms with Crippen LogP contribution in [0.25, 0.3) is 0 Å². The van der Waals surface area contributed by atoms with Crippen molar-refractivity contribution in [3.8, 4) is 11.5 Å². The minimum atomic E-state index is 0. The number of anilines is 1. The van der Waals surface area contributed by atoms with Crippen molar-refractivity contribution in [3.05, 3.63) is 53.1 Å². The number of ether oxygens (including phenoxy) is 2. The van der Waals surface area contributed by atoms with Gasteiger partial charge in [0.2, 0.25) is 0 Å². The van der Waals surface area contributed by atoms with Gasteiger partial charge in [-0.1, -0.05) is 24.3 Å². The highest BCUT2D eigenvalue weighted by molar-refractivity contribution is 14.0. The summed E-state index contributed by atoms with van der Waals surface area (Å²) in [5.41, 5.74) is 10.9. The molecule has 5 nitrogen and oxygen atoms in total. The zero-order valence-electron chi connectivity index (χ0n) is 15.2. The van der Waals surface area contributed by atoms with E-state index in [0.29, 0.717) is 24.0 Å². The van der Waals surface area contributed by atoms with E-state index in [4.69, 9.17) is 15.2 Å². The molecule has 0 saturated heterocycles. The van der Waals surface area contributed by atoms with E-state index in [1.54, 1.807) is 14.2 Å². The van der Waals surface area contributed by atoms with Crippen LogP contribution in [0, 0.1) is 0 Å². The van der Waals surface area contributed by atoms with E-state index in [0.717, 1.165) is 24.1 Å². The molecule has 0 radical (unpaired) electrons. The molecule has 26 heavy (non-hydrogen) atoms. The Balaban J connectivity index is 0.00000243. The van der Waals surface area contributed by atoms with Crippen LogP contribution in [-0.2, 0) is 19.4 Å². The maximum atomic E-state index is 6.12. The van der Waals surface area contributed by atoms with Crippen LogP contribution in [0.4, 0.5) is 5.69 Å². The number of aliphatic imine (C=N–C) groups is 1. The largest absolute Gasteiger partial charge is 0.493 e. The Hall–Kier alpha value is -1.96. The number of hydrogen-bond donors (Lipinski definition) is 2. The standard InChI is InChI=1S/C20H25N3O2.HI/c1-24-18-12-6-9-15(19(18)25-2)13-22-20(21)23-17-11-5-8-14-7-3-4-10-16(14)17;/h5-6,8-9,11-12H,3-4,7,10,13H2,1-2H3,(H3,21,22,23);1H. The third-order valence-corrected chi connectivity index (χ3v) is 4.56. The normalized spacial score (nSPS) is 13.4. The molecule has 0 atom stereocenters. The van der Waals surface area contributed by atoms with Gasteiger partial charge in [-0.15, -0.1) is 24.0 Å². The number of methoxy groups -OCH3 is 2. The molecule has 0 saturated carbocycles. The number of hydrogen-bond acceptors (Lipinski definition) is 3. The molecule has 0 unspecified atom stereocenters. The zero-order valence-corrected chi connectivity index (χ0v) is 17.6. The van der Waals surface area contributed by atoms with Crippen LogP contribution in [0.1, 0.15) is 29.5 Å². The zero-order chi connectivity index (χ0) is 17.6. The fourth-order valence-electron chi connectivity index (χ4n) is 3.32. The van der Waals surface area contributed by atoms with Crippen LogP contribution >= 0.6 is 24.0 Å². The van der Waals surface area contributed by atoms with E-state index >= 15 is 0 Å². The molecular formula is C20H26IN3O2. The Kier molecular flexibility index (Phi) is 7.56. The lowest BCUT2D eigenvalue weighted by Crippen LogP contribution is -2.24. The van der Waals surface area contributed by atoms with Crippen LogP contribution in [0.2, 0.25) is 0 Å². The molecule has 1 aliphatic carbocycles. The first-order valence-corrected chi connectivity index (χ1v) is 8.60. The number of fused-ring (bicyclic) bond motifs is 1. The summed E-state index contributed by atoms with van der Waals surface area (Å²) in [6.07, 6.45) is 4.72. The predicted octanol–water partition coefficient (Wildman–Crippen LogP) is 4.13. The smallest absolute Gasteiger partial charge is 0.193 e. The van der Waals surface area contributed by atoms with Crippen molar-refractivity contribution in [3.63, 3.8) is 0 Å². The van der Waals surface area contributed by atoms with Crippen molar-refractivity contribution in [2.24, 2.45) is 10.7 Å². The van der Waals surface area contributed by atoms with Gasteiger partial charge in [0, 0.05) is 11.3 Å². The average Bonchev–Trinajstić information content (AvgIpc) is 2.66. The molecule has 0 amide bonds. The number of nitrogens with two attached hydrogens (primary N) is 1. The van der Waals surface area contributed by atoms with Crippen LogP contribution in [0.3, 0.4) is 0 Å². The lowest BCUT2D eigenvalue weighted by Gasteiger charge is -2.19. The quantitative estimate of drug-likeness (QED) is 0.394. The van der Waals surface area contributed by atoms with Crippen molar-refractivity contribution >= 4 is 35.6 Å². The van der Waals surface area contributed by atoms with E-state index < -0.39 is 0 Å². The van der Waals surface area contributed by atoms with E-state index in [1.807, 2.05) is 18.2 Å². The first-order valence-electron chi connectivity index (χ1n) is 8.60. The fourth-order valence-corrected chi connectivity index (χ4v) is 3.32. The van der Waals surface area contributed by atoms with Crippen molar-refractivity contribution in [2.45, 2.75) is 32.2 Å². The minimum Gasteiger partial charge on any atom is -0.493 e. The van der Waals surface area contributed by atoms with Gasteiger partial charge in [0.15, 0.2) is 17.5 Å². The molecule has 0 bridgehead atoms. The number of halogens is 1. The first kappa shape index (κ1) is 20.4. The van der Waals surface area contributed by atoms with Crippen molar-refractivity contribution in [2.75, 3.05) is 19.5 Å². The number of nitrogens with zero attached hydrogens (tertiary/aromatic N) is 1. The minimum absolute atomic E-state index is 0. The average molecular weight is 467 g/mol. The lowest BCUT2D eigenvalue weighted by atomic mass is 9.90. The Morgan fingerprint density at radius 2 is 1.85 bits per heavy atom. The van der Waals surface area contributed by atoms with Crippen molar-refractivity contribution < 1.29 is 9.47 Å². The second-order valence-corrected chi connectivity index (χ2v) is 6.13. The predicted molar refractivity (Wildman–Crippen MR) is 117 cm³/mol. The molecule has 1 aliphatic rings. The van der Waals surface area contributed by atoms with Gasteiger partial charge in [0.1, 0.15) is 0 Å². The van der Waals surface area contributed by atoms with Crippen LogP contribution in [0.5, 0.6) is 11.5 Å². The van der Waals surface area contributed by atoms with Gasteiger partial charge < -0.3 is 20.5 Å². The lowest BCUT2D eigenvalue weighted by molar-refractivity contribution is 0.352. The van der Waals surface area contributed by atoms with Crippen LogP contribution < -0.4 is 20.5 Å². The van der Waals surface area contributed by atoms with Gasteiger partial charge in [-0.3, -0.25) is 0 Å². The third kappa shape index (κ3) is 4.60. The van der Waals surface area contributed by atoms with Crippen molar-refractivity contribution in [1.29, 1.82) is 0 Å². The van der Waals surface area contributed by atoms with E-state index in [-0.39, 0.29) is 24.0 Å². The van der Waals surface area contributed by atoms with E-state index in [2.05, 4.69) is 28.5 Å². The highest BCUT2D eigenvalue weighted by Gasteiger charge is 2.13. The second kappa shape index (κ2) is 9.66. The molecule has 0 heterocycles. The number of aryl methyl sites for hydroxylation is 1. The Morgan fingerprint density at radius 3 is 2.62 bits per heavy atom. The highest BCUT2D eigenvalue weighted by Crippen LogP contribution is 2.31. The summed E-state index contributed by atoms with van der Waals surface area (Å²) in [7, 11) is 3.25. The maximum absolute atomic E-state index is 6.12. The maximum Gasteiger partial charge on any atom is 0.193 e. The summed E-state index contributed by atoms with van der Waals surface area (Å²) < 4.78 is 10.8. The Bertz CT molecular complexity index is 778. The number of para-hydroxylation sites is 1. The summed E-state index contributed by atoms with van der Waals surface area (Å²) in [4.78, 5) is 4.47. The Labute approximate surface area is 172 Å². The van der Waals surface area contributed by atoms with E-state index in [1.165, 1.54) is 24.0 Å². The molecule has 0 spiro atoms. The molecule has 0 aliphatic heterocycles. The van der Waals surface area contributed by atoms with Gasteiger partial charge >= 0.3 is 0 Å². The van der Waals surface area contributed by atoms with Crippen LogP contribution in [0.15, 0.2) is 41.4 Å². The number of nitrogens with one attached hydrogen (secondary N) is 1.